The van der Waals surface area contributed by atoms with E-state index in [1.165, 1.54) is 6.26 Å². The predicted octanol–water partition coefficient (Wildman–Crippen LogP) is 3.38. The molecule has 0 fully saturated rings. The highest BCUT2D eigenvalue weighted by molar-refractivity contribution is 6.07. The number of halogens is 3. The lowest BCUT2D eigenvalue weighted by molar-refractivity contribution is -0.137. The molecule has 0 atom stereocenters. The molecule has 170 valence electrons. The lowest BCUT2D eigenvalue weighted by Gasteiger charge is -2.24. The number of aromatic amines is 1. The minimum atomic E-state index is -4.56. The molecule has 0 aliphatic carbocycles. The number of hydrogen-bond acceptors (Lipinski definition) is 5. The van der Waals surface area contributed by atoms with E-state index in [9.17, 15) is 27.6 Å². The molecule has 8 nitrogen and oxygen atoms in total. The number of unbranched alkanes of at least 4 members (excludes halogenated alkanes) is 1. The molecule has 0 aliphatic heterocycles. The molecule has 2 aromatic heterocycles. The molecule has 3 rings (SSSR count). The van der Waals surface area contributed by atoms with Crippen LogP contribution in [0.2, 0.25) is 0 Å². The van der Waals surface area contributed by atoms with Crippen molar-refractivity contribution in [3.8, 4) is 0 Å². The monoisotopic (exact) mass is 450 g/mol. The Balaban J connectivity index is 2.10. The lowest BCUT2D eigenvalue weighted by atomic mass is 10.1. The number of rotatable bonds is 7. The fourth-order valence-electron chi connectivity index (χ4n) is 3.14. The van der Waals surface area contributed by atoms with Crippen LogP contribution in [0.3, 0.4) is 0 Å². The Bertz CT molecular complexity index is 1200. The summed E-state index contributed by atoms with van der Waals surface area (Å²) in [4.78, 5) is 41.3. The van der Waals surface area contributed by atoms with E-state index >= 15 is 0 Å². The van der Waals surface area contributed by atoms with E-state index in [0.717, 1.165) is 40.2 Å². The fourth-order valence-corrected chi connectivity index (χ4v) is 3.14. The molecule has 0 unspecified atom stereocenters. The van der Waals surface area contributed by atoms with Crippen LogP contribution in [-0.2, 0) is 19.3 Å². The zero-order valence-corrected chi connectivity index (χ0v) is 17.1. The molecule has 11 heteroatoms. The molecule has 1 amide bonds. The van der Waals surface area contributed by atoms with Gasteiger partial charge in [-0.1, -0.05) is 13.3 Å². The Morgan fingerprint density at radius 1 is 1.19 bits per heavy atom. The quantitative estimate of drug-likeness (QED) is 0.573. The van der Waals surface area contributed by atoms with Gasteiger partial charge >= 0.3 is 11.9 Å². The molecule has 0 aliphatic rings. The molecule has 0 saturated carbocycles. The number of nitrogens with zero attached hydrogens (tertiary/aromatic N) is 2. The lowest BCUT2D eigenvalue weighted by Crippen LogP contribution is -2.41. The van der Waals surface area contributed by atoms with Crippen LogP contribution in [-0.4, -0.2) is 15.5 Å². The molecule has 3 N–H and O–H groups in total. The normalized spacial score (nSPS) is 11.5. The largest absolute Gasteiger partial charge is 0.467 e. The first kappa shape index (κ1) is 22.9. The van der Waals surface area contributed by atoms with Crippen LogP contribution in [0.4, 0.5) is 24.7 Å². The third-order valence-electron chi connectivity index (χ3n) is 4.82. The number of amides is 1. The van der Waals surface area contributed by atoms with Crippen molar-refractivity contribution >= 4 is 17.4 Å². The minimum Gasteiger partial charge on any atom is -0.467 e. The number of alkyl halides is 3. The van der Waals surface area contributed by atoms with Crippen LogP contribution in [0.15, 0.2) is 56.7 Å². The number of nitrogens with two attached hydrogens (primary N) is 1. The van der Waals surface area contributed by atoms with Gasteiger partial charge < -0.3 is 10.2 Å². The predicted molar refractivity (Wildman–Crippen MR) is 111 cm³/mol. The highest BCUT2D eigenvalue weighted by atomic mass is 19.4. The Morgan fingerprint density at radius 3 is 2.44 bits per heavy atom. The molecule has 32 heavy (non-hydrogen) atoms. The SMILES string of the molecule is CCCCn1c(N)c(N(Cc2ccco2)C(=O)c2ccc(C(F)(F)F)cc2)c(=O)[nH]c1=O. The summed E-state index contributed by atoms with van der Waals surface area (Å²) in [5.74, 6) is -0.706. The first-order valence-corrected chi connectivity index (χ1v) is 9.77. The average molecular weight is 450 g/mol. The van der Waals surface area contributed by atoms with Gasteiger partial charge in [0.25, 0.3) is 11.5 Å². The van der Waals surface area contributed by atoms with Crippen molar-refractivity contribution in [3.63, 3.8) is 0 Å². The maximum absolute atomic E-state index is 13.3. The van der Waals surface area contributed by atoms with Crippen molar-refractivity contribution in [2.75, 3.05) is 10.6 Å². The number of nitrogen functional groups attached to an aromatic ring is 1. The number of furan rings is 1. The topological polar surface area (TPSA) is 114 Å². The number of nitrogens with one attached hydrogen (secondary N) is 1. The molecule has 2 heterocycles. The van der Waals surface area contributed by atoms with Crippen LogP contribution >= 0.6 is 0 Å². The number of H-pyrrole nitrogens is 1. The van der Waals surface area contributed by atoms with Gasteiger partial charge in [0.2, 0.25) is 0 Å². The number of aromatic nitrogens is 2. The van der Waals surface area contributed by atoms with Gasteiger partial charge in [-0.2, -0.15) is 13.2 Å². The zero-order chi connectivity index (χ0) is 23.5. The summed E-state index contributed by atoms with van der Waals surface area (Å²) in [6.07, 6.45) is -1.85. The maximum atomic E-state index is 13.3. The summed E-state index contributed by atoms with van der Waals surface area (Å²) in [6, 6.07) is 6.70. The van der Waals surface area contributed by atoms with Gasteiger partial charge in [0.1, 0.15) is 11.6 Å². The molecule has 0 saturated heterocycles. The van der Waals surface area contributed by atoms with Gasteiger partial charge in [0.05, 0.1) is 18.4 Å². The van der Waals surface area contributed by atoms with Crippen molar-refractivity contribution in [3.05, 3.63) is 80.4 Å². The Labute approximate surface area is 180 Å². The summed E-state index contributed by atoms with van der Waals surface area (Å²) >= 11 is 0. The van der Waals surface area contributed by atoms with E-state index in [1.54, 1.807) is 12.1 Å². The number of carbonyl (C=O) groups excluding carboxylic acids is 1. The van der Waals surface area contributed by atoms with E-state index in [2.05, 4.69) is 4.98 Å². The molecule has 0 spiro atoms. The standard InChI is InChI=1S/C21H21F3N4O4/c1-2-3-10-27-17(25)16(18(29)26-20(27)31)28(12-15-5-4-11-32-15)19(30)13-6-8-14(9-7-13)21(22,23)24/h4-9,11H,2-3,10,12,25H2,1H3,(H,26,29,31). The summed E-state index contributed by atoms with van der Waals surface area (Å²) in [5, 5.41) is 0. The van der Waals surface area contributed by atoms with Crippen LogP contribution in [0, 0.1) is 0 Å². The van der Waals surface area contributed by atoms with E-state index in [1.807, 2.05) is 6.92 Å². The highest BCUT2D eigenvalue weighted by Gasteiger charge is 2.31. The summed E-state index contributed by atoms with van der Waals surface area (Å²) in [5.41, 5.74) is 3.20. The maximum Gasteiger partial charge on any atom is 0.416 e. The Morgan fingerprint density at radius 2 is 1.88 bits per heavy atom. The Kier molecular flexibility index (Phi) is 6.56. The molecular weight excluding hydrogens is 429 g/mol. The van der Waals surface area contributed by atoms with Gasteiger partial charge in [-0.3, -0.25) is 24.0 Å². The van der Waals surface area contributed by atoms with E-state index in [-0.39, 0.29) is 30.2 Å². The van der Waals surface area contributed by atoms with Gasteiger partial charge in [-0.15, -0.1) is 0 Å². The molecule has 0 radical (unpaired) electrons. The van der Waals surface area contributed by atoms with Crippen LogP contribution in [0.5, 0.6) is 0 Å². The van der Waals surface area contributed by atoms with Gasteiger partial charge in [0, 0.05) is 12.1 Å². The van der Waals surface area contributed by atoms with Crippen molar-refractivity contribution in [1.29, 1.82) is 0 Å². The average Bonchev–Trinajstić information content (AvgIpc) is 3.25. The summed E-state index contributed by atoms with van der Waals surface area (Å²) in [7, 11) is 0. The second-order valence-corrected chi connectivity index (χ2v) is 7.04. The van der Waals surface area contributed by atoms with E-state index in [4.69, 9.17) is 10.2 Å². The number of anilines is 2. The van der Waals surface area contributed by atoms with Crippen LogP contribution < -0.4 is 21.9 Å². The van der Waals surface area contributed by atoms with Crippen molar-refractivity contribution in [2.24, 2.45) is 0 Å². The highest BCUT2D eigenvalue weighted by Crippen LogP contribution is 2.30. The first-order chi connectivity index (χ1) is 15.1. The number of benzene rings is 1. The second-order valence-electron chi connectivity index (χ2n) is 7.04. The smallest absolute Gasteiger partial charge is 0.416 e. The minimum absolute atomic E-state index is 0.102. The molecular formula is C21H21F3N4O4. The fraction of sp³-hybridized carbons (Fsp3) is 0.286. The van der Waals surface area contributed by atoms with Gasteiger partial charge in [-0.25, -0.2) is 4.79 Å². The van der Waals surface area contributed by atoms with Gasteiger partial charge in [-0.05, 0) is 42.8 Å². The number of carbonyl (C=O) groups is 1. The van der Waals surface area contributed by atoms with Gasteiger partial charge in [0.15, 0.2) is 5.69 Å². The van der Waals surface area contributed by atoms with Crippen LogP contribution in [0.25, 0.3) is 0 Å². The third-order valence-corrected chi connectivity index (χ3v) is 4.82. The molecule has 3 aromatic rings. The summed E-state index contributed by atoms with van der Waals surface area (Å²) < 4.78 is 45.1. The molecule has 0 bridgehead atoms. The zero-order valence-electron chi connectivity index (χ0n) is 17.1. The third kappa shape index (κ3) is 4.76. The van der Waals surface area contributed by atoms with Crippen molar-refractivity contribution in [1.82, 2.24) is 9.55 Å². The molecule has 1 aromatic carbocycles. The van der Waals surface area contributed by atoms with E-state index < -0.39 is 28.9 Å². The van der Waals surface area contributed by atoms with Crippen LogP contribution in [0.1, 0.15) is 41.4 Å². The first-order valence-electron chi connectivity index (χ1n) is 9.77. The van der Waals surface area contributed by atoms with Crippen molar-refractivity contribution in [2.45, 2.75) is 39.0 Å². The second kappa shape index (κ2) is 9.16. The Hall–Kier alpha value is -3.76. The van der Waals surface area contributed by atoms with E-state index in [0.29, 0.717) is 12.2 Å². The van der Waals surface area contributed by atoms with Crippen molar-refractivity contribution < 1.29 is 22.4 Å². The number of hydrogen-bond donors (Lipinski definition) is 2. The summed E-state index contributed by atoms with van der Waals surface area (Å²) in [6.45, 7) is 1.89.